The van der Waals surface area contributed by atoms with E-state index in [1.54, 1.807) is 4.90 Å². The molecule has 10 nitrogen and oxygen atoms in total. The summed E-state index contributed by atoms with van der Waals surface area (Å²) in [6.45, 7) is 2.92. The average Bonchev–Trinajstić information content (AvgIpc) is 3.21. The topological polar surface area (TPSA) is 111 Å². The number of H-pyrrole nitrogens is 1. The quantitative estimate of drug-likeness (QED) is 0.770. The molecule has 1 saturated heterocycles. The van der Waals surface area contributed by atoms with Gasteiger partial charge in [-0.3, -0.25) is 4.79 Å². The number of halogens is 1. The Kier molecular flexibility index (Phi) is 3.83. The Hall–Kier alpha value is -1.85. The maximum absolute atomic E-state index is 12.9. The first kappa shape index (κ1) is 14.7. The van der Waals surface area contributed by atoms with Crippen LogP contribution in [0.3, 0.4) is 0 Å². The smallest absolute Gasteiger partial charge is 0.273 e. The molecule has 1 unspecified atom stereocenters. The summed E-state index contributed by atoms with van der Waals surface area (Å²) in [7, 11) is 0. The van der Waals surface area contributed by atoms with E-state index in [2.05, 4.69) is 41.5 Å². The molecule has 1 amide bonds. The van der Waals surface area contributed by atoms with E-state index in [0.29, 0.717) is 55.6 Å². The Bertz CT molecular complexity index is 717. The molecule has 1 fully saturated rings. The molecular formula is C12H14BrN7O3. The molecule has 0 aliphatic carbocycles. The number of tetrazole rings is 1. The molecule has 122 valence electrons. The third-order valence-electron chi connectivity index (χ3n) is 3.90. The van der Waals surface area contributed by atoms with Crippen LogP contribution >= 0.6 is 15.9 Å². The fourth-order valence-electron chi connectivity index (χ4n) is 2.79. The zero-order chi connectivity index (χ0) is 15.8. The molecule has 2 aromatic rings. The van der Waals surface area contributed by atoms with Crippen LogP contribution in [0.25, 0.3) is 0 Å². The van der Waals surface area contributed by atoms with Gasteiger partial charge in [0.1, 0.15) is 28.8 Å². The summed E-state index contributed by atoms with van der Waals surface area (Å²) in [5.41, 5.74) is 0.553. The van der Waals surface area contributed by atoms with Crippen molar-refractivity contribution in [3.8, 4) is 0 Å². The van der Waals surface area contributed by atoms with Crippen molar-refractivity contribution in [2.75, 3.05) is 26.3 Å². The second kappa shape index (κ2) is 5.98. The summed E-state index contributed by atoms with van der Waals surface area (Å²) in [5.74, 6) is 1.12. The van der Waals surface area contributed by atoms with Gasteiger partial charge in [0.05, 0.1) is 19.8 Å². The van der Waals surface area contributed by atoms with Crippen LogP contribution in [0.15, 0.2) is 4.60 Å². The number of ether oxygens (including phenoxy) is 2. The predicted molar refractivity (Wildman–Crippen MR) is 78.4 cm³/mol. The SMILES string of the molecule is O=C(c1c(Br)nc2n1CCOC2)N1CCOC(c2nn[nH]n2)C1. The monoisotopic (exact) mass is 383 g/mol. The second-order valence-corrected chi connectivity index (χ2v) is 6.00. The fourth-order valence-corrected chi connectivity index (χ4v) is 3.38. The summed E-state index contributed by atoms with van der Waals surface area (Å²) in [4.78, 5) is 19.0. The lowest BCUT2D eigenvalue weighted by Gasteiger charge is -2.31. The molecule has 0 bridgehead atoms. The second-order valence-electron chi connectivity index (χ2n) is 5.25. The van der Waals surface area contributed by atoms with Crippen molar-refractivity contribution in [1.29, 1.82) is 0 Å². The van der Waals surface area contributed by atoms with Gasteiger partial charge < -0.3 is 18.9 Å². The molecule has 2 aliphatic heterocycles. The molecule has 11 heteroatoms. The standard InChI is InChI=1S/C12H14BrN7O3/c13-10-9(20-2-3-22-6-8(20)14-10)12(21)19-1-4-23-7(5-19)11-15-17-18-16-11/h7H,1-6H2,(H,15,16,17,18). The van der Waals surface area contributed by atoms with E-state index in [9.17, 15) is 4.79 Å². The first-order valence-corrected chi connectivity index (χ1v) is 8.00. The van der Waals surface area contributed by atoms with Gasteiger partial charge in [-0.2, -0.15) is 5.21 Å². The Balaban J connectivity index is 1.58. The highest BCUT2D eigenvalue weighted by molar-refractivity contribution is 9.10. The molecule has 0 saturated carbocycles. The van der Waals surface area contributed by atoms with Crippen LogP contribution in [0, 0.1) is 0 Å². The highest BCUT2D eigenvalue weighted by Crippen LogP contribution is 2.25. The van der Waals surface area contributed by atoms with Crippen LogP contribution in [-0.4, -0.2) is 67.3 Å². The predicted octanol–water partition coefficient (Wildman–Crippen LogP) is -0.0974. The highest BCUT2D eigenvalue weighted by Gasteiger charge is 2.32. The third kappa shape index (κ3) is 2.64. The van der Waals surface area contributed by atoms with Gasteiger partial charge in [0.15, 0.2) is 0 Å². The van der Waals surface area contributed by atoms with Crippen LogP contribution in [0.2, 0.25) is 0 Å². The number of nitrogens with zero attached hydrogens (tertiary/aromatic N) is 6. The van der Waals surface area contributed by atoms with Crippen molar-refractivity contribution >= 4 is 21.8 Å². The first-order valence-electron chi connectivity index (χ1n) is 7.21. The fraction of sp³-hybridized carbons (Fsp3) is 0.583. The van der Waals surface area contributed by atoms with Crippen LogP contribution in [0.4, 0.5) is 0 Å². The van der Waals surface area contributed by atoms with Gasteiger partial charge in [-0.15, -0.1) is 10.2 Å². The lowest BCUT2D eigenvalue weighted by atomic mass is 10.2. The summed E-state index contributed by atoms with van der Waals surface area (Å²) in [5, 5.41) is 13.8. The zero-order valence-corrected chi connectivity index (χ0v) is 13.7. The van der Waals surface area contributed by atoms with E-state index in [0.717, 1.165) is 5.82 Å². The lowest BCUT2D eigenvalue weighted by Crippen LogP contribution is -2.43. The van der Waals surface area contributed by atoms with Gasteiger partial charge in [0.2, 0.25) is 5.82 Å². The molecule has 4 heterocycles. The zero-order valence-electron chi connectivity index (χ0n) is 12.1. The van der Waals surface area contributed by atoms with Crippen molar-refractivity contribution in [3.63, 3.8) is 0 Å². The van der Waals surface area contributed by atoms with Gasteiger partial charge in [0.25, 0.3) is 5.91 Å². The van der Waals surface area contributed by atoms with E-state index in [1.807, 2.05) is 4.57 Å². The van der Waals surface area contributed by atoms with Crippen LogP contribution in [0.1, 0.15) is 28.2 Å². The summed E-state index contributed by atoms with van der Waals surface area (Å²) in [6, 6.07) is 0. The number of fused-ring (bicyclic) bond motifs is 1. The molecule has 0 radical (unpaired) electrons. The maximum Gasteiger partial charge on any atom is 0.273 e. The Labute approximate surface area is 139 Å². The summed E-state index contributed by atoms with van der Waals surface area (Å²) >= 11 is 3.39. The number of morpholine rings is 1. The Morgan fingerprint density at radius 2 is 2.26 bits per heavy atom. The lowest BCUT2D eigenvalue weighted by molar-refractivity contribution is -0.0273. The molecule has 2 aliphatic rings. The minimum absolute atomic E-state index is 0.0886. The van der Waals surface area contributed by atoms with E-state index in [4.69, 9.17) is 9.47 Å². The van der Waals surface area contributed by atoms with Gasteiger partial charge in [-0.1, -0.05) is 5.21 Å². The van der Waals surface area contributed by atoms with E-state index in [1.165, 1.54) is 0 Å². The van der Waals surface area contributed by atoms with E-state index in [-0.39, 0.29) is 12.0 Å². The van der Waals surface area contributed by atoms with Crippen molar-refractivity contribution in [2.45, 2.75) is 19.3 Å². The highest BCUT2D eigenvalue weighted by atomic mass is 79.9. The number of hydrogen-bond acceptors (Lipinski definition) is 7. The molecule has 1 N–H and O–H groups in total. The first-order chi connectivity index (χ1) is 11.2. The number of amides is 1. The number of imidazole rings is 1. The number of hydrogen-bond donors (Lipinski definition) is 1. The van der Waals surface area contributed by atoms with E-state index >= 15 is 0 Å². The molecule has 0 aromatic carbocycles. The molecule has 2 aromatic heterocycles. The molecule has 23 heavy (non-hydrogen) atoms. The minimum Gasteiger partial charge on any atom is -0.372 e. The molecule has 1 atom stereocenters. The Morgan fingerprint density at radius 3 is 3.09 bits per heavy atom. The normalized spacial score (nSPS) is 21.3. The van der Waals surface area contributed by atoms with Crippen molar-refractivity contribution in [1.82, 2.24) is 35.1 Å². The molecular weight excluding hydrogens is 370 g/mol. The van der Waals surface area contributed by atoms with Crippen molar-refractivity contribution in [3.05, 3.63) is 21.9 Å². The number of nitrogens with one attached hydrogen (secondary N) is 1. The van der Waals surface area contributed by atoms with Gasteiger partial charge in [-0.25, -0.2) is 4.98 Å². The summed E-state index contributed by atoms with van der Waals surface area (Å²) in [6.07, 6.45) is -0.377. The molecule has 0 spiro atoms. The van der Waals surface area contributed by atoms with Gasteiger partial charge in [0, 0.05) is 13.1 Å². The molecule has 4 rings (SSSR count). The van der Waals surface area contributed by atoms with E-state index < -0.39 is 0 Å². The number of aromatic amines is 1. The summed E-state index contributed by atoms with van der Waals surface area (Å²) < 4.78 is 13.5. The maximum atomic E-state index is 12.9. The van der Waals surface area contributed by atoms with Crippen LogP contribution in [0.5, 0.6) is 0 Å². The third-order valence-corrected chi connectivity index (χ3v) is 4.45. The van der Waals surface area contributed by atoms with Crippen LogP contribution in [-0.2, 0) is 22.6 Å². The number of aromatic nitrogens is 6. The number of carbonyl (C=O) groups excluding carboxylic acids is 1. The average molecular weight is 384 g/mol. The number of rotatable bonds is 2. The van der Waals surface area contributed by atoms with Crippen molar-refractivity contribution in [2.24, 2.45) is 0 Å². The van der Waals surface area contributed by atoms with Crippen LogP contribution < -0.4 is 0 Å². The largest absolute Gasteiger partial charge is 0.372 e. The van der Waals surface area contributed by atoms with Gasteiger partial charge in [-0.05, 0) is 15.9 Å². The Morgan fingerprint density at radius 1 is 1.35 bits per heavy atom. The minimum atomic E-state index is -0.377. The van der Waals surface area contributed by atoms with Gasteiger partial charge >= 0.3 is 0 Å². The van der Waals surface area contributed by atoms with Crippen molar-refractivity contribution < 1.29 is 14.3 Å². The number of carbonyl (C=O) groups is 1.